The van der Waals surface area contributed by atoms with Crippen molar-refractivity contribution in [2.24, 2.45) is 0 Å². The standard InChI is InChI=1S/C24H27ClN2O4/c25-21-6-2-1-5-20(21)24(11-15-30-16-12-24)23(29)26-18-7-9-19(10-8-18)31-17-22(28)27-13-3-4-14-27/h1-2,5-10H,3-4,11-17H2,(H,26,29). The number of carbonyl (C=O) groups is 2. The Balaban J connectivity index is 1.42. The lowest BCUT2D eigenvalue weighted by atomic mass is 9.73. The van der Waals surface area contributed by atoms with Crippen molar-refractivity contribution >= 4 is 29.1 Å². The predicted octanol–water partition coefficient (Wildman–Crippen LogP) is 4.03. The molecule has 0 spiro atoms. The number of halogens is 1. The highest BCUT2D eigenvalue weighted by atomic mass is 35.5. The molecule has 0 atom stereocenters. The van der Waals surface area contributed by atoms with Gasteiger partial charge in [-0.3, -0.25) is 9.59 Å². The maximum atomic E-state index is 13.4. The van der Waals surface area contributed by atoms with E-state index in [0.717, 1.165) is 31.5 Å². The van der Waals surface area contributed by atoms with Gasteiger partial charge in [-0.2, -0.15) is 0 Å². The first-order valence-electron chi connectivity index (χ1n) is 10.7. The fourth-order valence-electron chi connectivity index (χ4n) is 4.28. The van der Waals surface area contributed by atoms with Crippen LogP contribution in [0.4, 0.5) is 5.69 Å². The quantitative estimate of drug-likeness (QED) is 0.733. The lowest BCUT2D eigenvalue weighted by Crippen LogP contribution is -2.45. The van der Waals surface area contributed by atoms with Crippen LogP contribution in [-0.4, -0.2) is 49.6 Å². The van der Waals surface area contributed by atoms with Gasteiger partial charge in [0.05, 0.1) is 5.41 Å². The highest BCUT2D eigenvalue weighted by molar-refractivity contribution is 6.31. The molecule has 2 saturated heterocycles. The zero-order valence-corrected chi connectivity index (χ0v) is 18.2. The van der Waals surface area contributed by atoms with Crippen LogP contribution < -0.4 is 10.1 Å². The lowest BCUT2D eigenvalue weighted by molar-refractivity contribution is -0.132. The van der Waals surface area contributed by atoms with Crippen molar-refractivity contribution in [2.75, 3.05) is 38.2 Å². The van der Waals surface area contributed by atoms with Gasteiger partial charge in [0.25, 0.3) is 5.91 Å². The zero-order chi connectivity index (χ0) is 21.7. The Morgan fingerprint density at radius 3 is 2.39 bits per heavy atom. The van der Waals surface area contributed by atoms with Gasteiger partial charge in [0, 0.05) is 37.0 Å². The van der Waals surface area contributed by atoms with E-state index in [1.165, 1.54) is 0 Å². The molecule has 0 aromatic heterocycles. The van der Waals surface area contributed by atoms with Gasteiger partial charge in [0.15, 0.2) is 6.61 Å². The maximum Gasteiger partial charge on any atom is 0.260 e. The average molecular weight is 443 g/mol. The number of hydrogen-bond donors (Lipinski definition) is 1. The number of ether oxygens (including phenoxy) is 2. The van der Waals surface area contributed by atoms with Crippen LogP contribution in [0.15, 0.2) is 48.5 Å². The number of amides is 2. The summed E-state index contributed by atoms with van der Waals surface area (Å²) in [4.78, 5) is 27.3. The molecule has 4 rings (SSSR count). The second-order valence-corrected chi connectivity index (χ2v) is 8.44. The summed E-state index contributed by atoms with van der Waals surface area (Å²) in [6, 6.07) is 14.6. The van der Waals surface area contributed by atoms with E-state index in [2.05, 4.69) is 5.32 Å². The second-order valence-electron chi connectivity index (χ2n) is 8.03. The Hall–Kier alpha value is -2.57. The highest BCUT2D eigenvalue weighted by Gasteiger charge is 2.43. The van der Waals surface area contributed by atoms with E-state index >= 15 is 0 Å². The molecule has 164 valence electrons. The third-order valence-electron chi connectivity index (χ3n) is 6.10. The zero-order valence-electron chi connectivity index (χ0n) is 17.4. The van der Waals surface area contributed by atoms with Crippen molar-refractivity contribution in [3.05, 3.63) is 59.1 Å². The molecule has 0 aliphatic carbocycles. The van der Waals surface area contributed by atoms with Gasteiger partial charge in [-0.25, -0.2) is 0 Å². The van der Waals surface area contributed by atoms with Crippen molar-refractivity contribution in [1.82, 2.24) is 4.90 Å². The molecule has 7 heteroatoms. The monoisotopic (exact) mass is 442 g/mol. The molecule has 2 fully saturated rings. The molecule has 1 N–H and O–H groups in total. The average Bonchev–Trinajstić information content (AvgIpc) is 3.34. The summed E-state index contributed by atoms with van der Waals surface area (Å²) in [6.07, 6.45) is 3.26. The van der Waals surface area contributed by atoms with Crippen LogP contribution in [0, 0.1) is 0 Å². The Labute approximate surface area is 187 Å². The molecule has 2 heterocycles. The van der Waals surface area contributed by atoms with Crippen molar-refractivity contribution < 1.29 is 19.1 Å². The highest BCUT2D eigenvalue weighted by Crippen LogP contribution is 2.39. The van der Waals surface area contributed by atoms with E-state index in [4.69, 9.17) is 21.1 Å². The molecule has 0 unspecified atom stereocenters. The van der Waals surface area contributed by atoms with Gasteiger partial charge in [-0.05, 0) is 61.6 Å². The molecule has 2 aromatic rings. The number of carbonyl (C=O) groups excluding carboxylic acids is 2. The molecule has 0 radical (unpaired) electrons. The molecule has 2 aliphatic rings. The largest absolute Gasteiger partial charge is 0.484 e. The smallest absolute Gasteiger partial charge is 0.260 e. The Morgan fingerprint density at radius 1 is 1.03 bits per heavy atom. The van der Waals surface area contributed by atoms with Crippen molar-refractivity contribution in [1.29, 1.82) is 0 Å². The van der Waals surface area contributed by atoms with Gasteiger partial charge in [0.2, 0.25) is 5.91 Å². The van der Waals surface area contributed by atoms with Crippen LogP contribution in [0.25, 0.3) is 0 Å². The van der Waals surface area contributed by atoms with Crippen LogP contribution in [0.5, 0.6) is 5.75 Å². The Morgan fingerprint density at radius 2 is 1.71 bits per heavy atom. The fourth-order valence-corrected chi connectivity index (χ4v) is 4.59. The number of nitrogens with one attached hydrogen (secondary N) is 1. The third kappa shape index (κ3) is 4.86. The van der Waals surface area contributed by atoms with E-state index in [0.29, 0.717) is 42.5 Å². The minimum absolute atomic E-state index is 0.0103. The minimum atomic E-state index is -0.728. The SMILES string of the molecule is O=C(COc1ccc(NC(=O)C2(c3ccccc3Cl)CCOCC2)cc1)N1CCCC1. The van der Waals surface area contributed by atoms with Crippen LogP contribution in [0.1, 0.15) is 31.2 Å². The topological polar surface area (TPSA) is 67.9 Å². The molecule has 31 heavy (non-hydrogen) atoms. The number of rotatable bonds is 6. The van der Waals surface area contributed by atoms with Crippen LogP contribution in [0.2, 0.25) is 5.02 Å². The normalized spacial score (nSPS) is 17.9. The summed E-state index contributed by atoms with van der Waals surface area (Å²) in [7, 11) is 0. The molecule has 6 nitrogen and oxygen atoms in total. The van der Waals surface area contributed by atoms with Gasteiger partial charge >= 0.3 is 0 Å². The molecular weight excluding hydrogens is 416 g/mol. The molecule has 2 aromatic carbocycles. The lowest BCUT2D eigenvalue weighted by Gasteiger charge is -2.36. The summed E-state index contributed by atoms with van der Waals surface area (Å²) < 4.78 is 11.1. The van der Waals surface area contributed by atoms with E-state index in [9.17, 15) is 9.59 Å². The first kappa shape index (κ1) is 21.7. The van der Waals surface area contributed by atoms with Gasteiger partial charge in [0.1, 0.15) is 5.75 Å². The number of nitrogens with zero attached hydrogens (tertiary/aromatic N) is 1. The Bertz CT molecular complexity index is 919. The summed E-state index contributed by atoms with van der Waals surface area (Å²) in [5.41, 5.74) is 0.771. The number of likely N-dealkylation sites (tertiary alicyclic amines) is 1. The number of hydrogen-bond acceptors (Lipinski definition) is 4. The first-order valence-corrected chi connectivity index (χ1v) is 11.1. The Kier molecular flexibility index (Phi) is 6.78. The summed E-state index contributed by atoms with van der Waals surface area (Å²) in [5, 5.41) is 3.62. The summed E-state index contributed by atoms with van der Waals surface area (Å²) in [6.45, 7) is 2.67. The number of anilines is 1. The van der Waals surface area contributed by atoms with Crippen molar-refractivity contribution in [3.8, 4) is 5.75 Å². The van der Waals surface area contributed by atoms with Crippen molar-refractivity contribution in [3.63, 3.8) is 0 Å². The van der Waals surface area contributed by atoms with Gasteiger partial charge < -0.3 is 19.7 Å². The summed E-state index contributed by atoms with van der Waals surface area (Å²) >= 11 is 6.45. The minimum Gasteiger partial charge on any atom is -0.484 e. The van der Waals surface area contributed by atoms with Crippen LogP contribution in [0.3, 0.4) is 0 Å². The van der Waals surface area contributed by atoms with Gasteiger partial charge in [-0.15, -0.1) is 0 Å². The van der Waals surface area contributed by atoms with Crippen LogP contribution in [-0.2, 0) is 19.7 Å². The molecule has 0 saturated carbocycles. The van der Waals surface area contributed by atoms with E-state index in [-0.39, 0.29) is 18.4 Å². The van der Waals surface area contributed by atoms with Crippen molar-refractivity contribution in [2.45, 2.75) is 31.1 Å². The van der Waals surface area contributed by atoms with E-state index in [1.54, 1.807) is 24.3 Å². The molecular formula is C24H27ClN2O4. The fraction of sp³-hybridized carbons (Fsp3) is 0.417. The number of benzene rings is 2. The molecule has 2 aliphatic heterocycles. The summed E-state index contributed by atoms with van der Waals surface area (Å²) in [5.74, 6) is 0.510. The van der Waals surface area contributed by atoms with E-state index < -0.39 is 5.41 Å². The maximum absolute atomic E-state index is 13.4. The molecule has 0 bridgehead atoms. The first-order chi connectivity index (χ1) is 15.1. The molecule has 2 amide bonds. The van der Waals surface area contributed by atoms with Crippen LogP contribution >= 0.6 is 11.6 Å². The van der Waals surface area contributed by atoms with Gasteiger partial charge in [-0.1, -0.05) is 29.8 Å². The third-order valence-corrected chi connectivity index (χ3v) is 6.43. The van der Waals surface area contributed by atoms with E-state index in [1.807, 2.05) is 29.2 Å². The second kappa shape index (κ2) is 9.71. The predicted molar refractivity (Wildman–Crippen MR) is 120 cm³/mol.